The van der Waals surface area contributed by atoms with Crippen LogP contribution in [0.15, 0.2) is 241 Å². The van der Waals surface area contributed by atoms with Crippen LogP contribution in [0.5, 0.6) is 0 Å². The first kappa shape index (κ1) is 36.1. The van der Waals surface area contributed by atoms with Crippen LogP contribution in [0.2, 0.25) is 0 Å². The van der Waals surface area contributed by atoms with E-state index in [0.29, 0.717) is 0 Å². The molecule has 13 rings (SSSR count). The van der Waals surface area contributed by atoms with Gasteiger partial charge in [0, 0.05) is 49.4 Å². The molecule has 0 bridgehead atoms. The summed E-state index contributed by atoms with van der Waals surface area (Å²) in [5.74, 6) is 0. The van der Waals surface area contributed by atoms with Gasteiger partial charge in [0.1, 0.15) is 5.58 Å². The fraction of sp³-hybridized carbons (Fsp3) is 0. The lowest BCUT2D eigenvalue weighted by Crippen LogP contribution is -2.11. The van der Waals surface area contributed by atoms with E-state index in [-0.39, 0.29) is 0 Å². The van der Waals surface area contributed by atoms with Crippen LogP contribution >= 0.6 is 0 Å². The minimum absolute atomic E-state index is 0.849. The zero-order chi connectivity index (χ0) is 42.1. The van der Waals surface area contributed by atoms with E-state index < -0.39 is 0 Å². The van der Waals surface area contributed by atoms with Gasteiger partial charge in [0.25, 0.3) is 0 Å². The lowest BCUT2D eigenvalue weighted by Gasteiger charge is -2.27. The fourth-order valence-electron chi connectivity index (χ4n) is 10.1. The Morgan fingerprint density at radius 2 is 0.859 bits per heavy atom. The first-order chi connectivity index (χ1) is 31.8. The SMILES string of the molecule is c1ccc(-c2cccc(-n3c4ccccc4c4ccc(-c5cccc(N(c6cccc7c6oc6ccccc67)c6cccc7c6c6ccccc6n7-c6ccccc6)c5)cc43)c2)cc1. The molecule has 10 aromatic carbocycles. The molecule has 0 saturated carbocycles. The van der Waals surface area contributed by atoms with Gasteiger partial charge >= 0.3 is 0 Å². The van der Waals surface area contributed by atoms with E-state index in [1.54, 1.807) is 0 Å². The number of hydrogen-bond acceptors (Lipinski definition) is 2. The second kappa shape index (κ2) is 14.5. The maximum atomic E-state index is 6.82. The van der Waals surface area contributed by atoms with Crippen molar-refractivity contribution in [1.29, 1.82) is 0 Å². The van der Waals surface area contributed by atoms with Crippen molar-refractivity contribution in [2.75, 3.05) is 4.90 Å². The molecule has 0 spiro atoms. The van der Waals surface area contributed by atoms with E-state index in [9.17, 15) is 0 Å². The molecule has 0 N–H and O–H groups in total. The molecule has 0 aliphatic carbocycles. The molecule has 4 nitrogen and oxygen atoms in total. The average molecular weight is 818 g/mol. The summed E-state index contributed by atoms with van der Waals surface area (Å²) in [5, 5.41) is 7.00. The second-order valence-electron chi connectivity index (χ2n) is 16.5. The van der Waals surface area contributed by atoms with Crippen molar-refractivity contribution >= 4 is 82.6 Å². The molecule has 0 atom stereocenters. The Morgan fingerprint density at radius 1 is 0.312 bits per heavy atom. The van der Waals surface area contributed by atoms with Crippen LogP contribution in [-0.2, 0) is 0 Å². The number of fused-ring (bicyclic) bond motifs is 9. The first-order valence-corrected chi connectivity index (χ1v) is 21.8. The van der Waals surface area contributed by atoms with Gasteiger partial charge in [0.15, 0.2) is 5.58 Å². The van der Waals surface area contributed by atoms with Crippen LogP contribution in [0.3, 0.4) is 0 Å². The van der Waals surface area contributed by atoms with Gasteiger partial charge < -0.3 is 18.5 Å². The zero-order valence-electron chi connectivity index (χ0n) is 34.8. The predicted molar refractivity (Wildman–Crippen MR) is 268 cm³/mol. The number of aromatic nitrogens is 2. The Morgan fingerprint density at radius 3 is 1.70 bits per heavy atom. The van der Waals surface area contributed by atoms with Gasteiger partial charge in [-0.1, -0.05) is 158 Å². The highest BCUT2D eigenvalue weighted by molar-refractivity contribution is 6.18. The van der Waals surface area contributed by atoms with E-state index >= 15 is 0 Å². The Labute approximate surface area is 369 Å². The highest BCUT2D eigenvalue weighted by atomic mass is 16.3. The van der Waals surface area contributed by atoms with Gasteiger partial charge in [-0.25, -0.2) is 0 Å². The number of hydrogen-bond donors (Lipinski definition) is 0. The maximum absolute atomic E-state index is 6.82. The van der Waals surface area contributed by atoms with E-state index in [4.69, 9.17) is 4.42 Å². The lowest BCUT2D eigenvalue weighted by atomic mass is 10.0. The van der Waals surface area contributed by atoms with E-state index in [2.05, 4.69) is 245 Å². The number of para-hydroxylation sites is 5. The molecule has 0 aliphatic rings. The summed E-state index contributed by atoms with van der Waals surface area (Å²) in [6, 6.07) is 85.1. The minimum Gasteiger partial charge on any atom is -0.454 e. The summed E-state index contributed by atoms with van der Waals surface area (Å²) >= 11 is 0. The summed E-state index contributed by atoms with van der Waals surface area (Å²) in [6.45, 7) is 0. The number of rotatable bonds is 7. The second-order valence-corrected chi connectivity index (χ2v) is 16.5. The van der Waals surface area contributed by atoms with Gasteiger partial charge in [0.05, 0.1) is 33.4 Å². The van der Waals surface area contributed by atoms with Crippen molar-refractivity contribution in [3.63, 3.8) is 0 Å². The number of nitrogens with zero attached hydrogens (tertiary/aromatic N) is 3. The molecule has 0 amide bonds. The highest BCUT2D eigenvalue weighted by Gasteiger charge is 2.24. The Kier molecular flexibility index (Phi) is 8.18. The fourth-order valence-corrected chi connectivity index (χ4v) is 10.1. The van der Waals surface area contributed by atoms with Crippen molar-refractivity contribution in [2.45, 2.75) is 0 Å². The van der Waals surface area contributed by atoms with Gasteiger partial charge in [0.2, 0.25) is 0 Å². The van der Waals surface area contributed by atoms with Crippen LogP contribution < -0.4 is 4.90 Å². The Bertz CT molecular complexity index is 3910. The van der Waals surface area contributed by atoms with E-state index in [1.165, 1.54) is 38.2 Å². The van der Waals surface area contributed by atoms with Gasteiger partial charge in [-0.15, -0.1) is 0 Å². The van der Waals surface area contributed by atoms with Crippen LogP contribution in [-0.4, -0.2) is 9.13 Å². The Hall–Kier alpha value is -8.60. The van der Waals surface area contributed by atoms with Crippen LogP contribution in [0.25, 0.3) is 99.2 Å². The third-order valence-electron chi connectivity index (χ3n) is 12.9. The maximum Gasteiger partial charge on any atom is 0.159 e. The third kappa shape index (κ3) is 5.63. The summed E-state index contributed by atoms with van der Waals surface area (Å²) in [5.41, 5.74) is 16.3. The summed E-state index contributed by atoms with van der Waals surface area (Å²) < 4.78 is 11.6. The average Bonchev–Trinajstić information content (AvgIpc) is 4.03. The minimum atomic E-state index is 0.849. The number of furan rings is 1. The van der Waals surface area contributed by atoms with Crippen molar-refractivity contribution in [3.8, 4) is 33.6 Å². The first-order valence-electron chi connectivity index (χ1n) is 21.8. The van der Waals surface area contributed by atoms with Crippen LogP contribution in [0, 0.1) is 0 Å². The Balaban J connectivity index is 1.04. The molecule has 0 unspecified atom stereocenters. The predicted octanol–water partition coefficient (Wildman–Crippen LogP) is 16.6. The lowest BCUT2D eigenvalue weighted by molar-refractivity contribution is 0.669. The van der Waals surface area contributed by atoms with Crippen LogP contribution in [0.1, 0.15) is 0 Å². The smallest absolute Gasteiger partial charge is 0.159 e. The number of anilines is 3. The van der Waals surface area contributed by atoms with Crippen molar-refractivity contribution in [3.05, 3.63) is 237 Å². The molecular weight excluding hydrogens is 779 g/mol. The van der Waals surface area contributed by atoms with Crippen molar-refractivity contribution < 1.29 is 4.42 Å². The normalized spacial score (nSPS) is 11.8. The molecule has 0 fully saturated rings. The molecule has 13 aromatic rings. The van der Waals surface area contributed by atoms with Crippen LogP contribution in [0.4, 0.5) is 17.1 Å². The topological polar surface area (TPSA) is 26.2 Å². The standard InChI is InChI=1S/C60H39N3O/c1-3-17-40(18-4-1)41-19-13-23-45(37-41)62-52-29-10-7-25-47(52)48-36-35-43(39-57(48)62)42-20-14-24-46(38-42)63(56-33-15-28-50-49-26-9-12-34-58(49)64-60(50)56)55-32-16-31-54-59(55)51-27-8-11-30-53(51)61(54)44-21-5-2-6-22-44/h1-39H. The third-order valence-corrected chi connectivity index (χ3v) is 12.9. The van der Waals surface area contributed by atoms with Crippen molar-refractivity contribution in [1.82, 2.24) is 9.13 Å². The molecule has 0 radical (unpaired) electrons. The molecule has 3 aromatic heterocycles. The number of benzene rings is 10. The van der Waals surface area contributed by atoms with E-state index in [1.807, 2.05) is 6.07 Å². The molecule has 300 valence electrons. The monoisotopic (exact) mass is 817 g/mol. The van der Waals surface area contributed by atoms with Crippen molar-refractivity contribution in [2.24, 2.45) is 0 Å². The molecular formula is C60H39N3O. The summed E-state index contributed by atoms with van der Waals surface area (Å²) in [7, 11) is 0. The quantitative estimate of drug-likeness (QED) is 0.160. The molecule has 0 saturated heterocycles. The molecule has 3 heterocycles. The van der Waals surface area contributed by atoms with Gasteiger partial charge in [-0.3, -0.25) is 0 Å². The van der Waals surface area contributed by atoms with E-state index in [0.717, 1.165) is 78.1 Å². The summed E-state index contributed by atoms with van der Waals surface area (Å²) in [6.07, 6.45) is 0. The highest BCUT2D eigenvalue weighted by Crippen LogP contribution is 2.48. The molecule has 4 heteroatoms. The molecule has 0 aliphatic heterocycles. The largest absolute Gasteiger partial charge is 0.454 e. The summed E-state index contributed by atoms with van der Waals surface area (Å²) in [4.78, 5) is 2.41. The molecule has 64 heavy (non-hydrogen) atoms. The zero-order valence-corrected chi connectivity index (χ0v) is 34.8. The van der Waals surface area contributed by atoms with Gasteiger partial charge in [-0.2, -0.15) is 0 Å². The van der Waals surface area contributed by atoms with Gasteiger partial charge in [-0.05, 0) is 101 Å².